The number of esters is 1. The summed E-state index contributed by atoms with van der Waals surface area (Å²) < 4.78 is 10.4. The maximum absolute atomic E-state index is 12.3. The van der Waals surface area contributed by atoms with Crippen LogP contribution in [-0.4, -0.2) is 79.9 Å². The van der Waals surface area contributed by atoms with Crippen molar-refractivity contribution in [1.29, 1.82) is 0 Å². The summed E-state index contributed by atoms with van der Waals surface area (Å²) in [4.78, 5) is 39.9. The molecule has 0 bridgehead atoms. The van der Waals surface area contributed by atoms with E-state index >= 15 is 0 Å². The third kappa shape index (κ3) is 5.85. The van der Waals surface area contributed by atoms with E-state index in [1.807, 2.05) is 13.8 Å². The van der Waals surface area contributed by atoms with Gasteiger partial charge in [0.05, 0.1) is 24.8 Å². The summed E-state index contributed by atoms with van der Waals surface area (Å²) in [6.07, 6.45) is -0.293. The van der Waals surface area contributed by atoms with E-state index < -0.39 is 12.0 Å². The van der Waals surface area contributed by atoms with Crippen LogP contribution in [0.3, 0.4) is 0 Å². The van der Waals surface area contributed by atoms with Gasteiger partial charge in [0.2, 0.25) is 0 Å². The molecule has 0 aromatic carbocycles. The van der Waals surface area contributed by atoms with Gasteiger partial charge in [0, 0.05) is 38.4 Å². The second-order valence-corrected chi connectivity index (χ2v) is 7.17. The van der Waals surface area contributed by atoms with Gasteiger partial charge in [0.25, 0.3) is 0 Å². The van der Waals surface area contributed by atoms with E-state index in [0.717, 1.165) is 0 Å². The maximum atomic E-state index is 12.3. The Bertz CT molecular complexity index is 597. The van der Waals surface area contributed by atoms with Crippen LogP contribution in [0.1, 0.15) is 27.7 Å². The monoisotopic (exact) mass is 382 g/mol. The molecular formula is C18H30N4O5. The van der Waals surface area contributed by atoms with E-state index in [1.54, 1.807) is 18.7 Å². The Morgan fingerprint density at radius 3 is 2.44 bits per heavy atom. The number of piperazine rings is 1. The van der Waals surface area contributed by atoms with Crippen LogP contribution >= 0.6 is 0 Å². The zero-order valence-electron chi connectivity index (χ0n) is 16.5. The molecule has 2 aliphatic rings. The van der Waals surface area contributed by atoms with Crippen molar-refractivity contribution in [2.45, 2.75) is 33.7 Å². The first kappa shape index (κ1) is 21.0. The van der Waals surface area contributed by atoms with Gasteiger partial charge in [0.1, 0.15) is 0 Å². The molecular weight excluding hydrogens is 352 g/mol. The smallest absolute Gasteiger partial charge is 0.409 e. The fourth-order valence-corrected chi connectivity index (χ4v) is 3.05. The number of hydrogen-bond acceptors (Lipinski definition) is 6. The first-order valence-electron chi connectivity index (χ1n) is 9.43. The number of nitrogens with one attached hydrogen (secondary N) is 2. The zero-order valence-corrected chi connectivity index (χ0v) is 16.5. The lowest BCUT2D eigenvalue weighted by Crippen LogP contribution is -2.54. The lowest BCUT2D eigenvalue weighted by molar-refractivity contribution is -0.139. The summed E-state index contributed by atoms with van der Waals surface area (Å²) in [5.41, 5.74) is 0.996. The minimum Gasteiger partial charge on any atom is -0.463 e. The van der Waals surface area contributed by atoms with Crippen LogP contribution in [0.5, 0.6) is 0 Å². The number of carbonyl (C=O) groups excluding carboxylic acids is 3. The normalized spacial score (nSPS) is 21.0. The summed E-state index contributed by atoms with van der Waals surface area (Å²) in [5, 5.41) is 5.42. The molecule has 1 atom stereocenters. The topological polar surface area (TPSA) is 100 Å². The van der Waals surface area contributed by atoms with Crippen molar-refractivity contribution >= 4 is 18.1 Å². The lowest BCUT2D eigenvalue weighted by atomic mass is 10.0. The van der Waals surface area contributed by atoms with Crippen LogP contribution in [0.2, 0.25) is 0 Å². The van der Waals surface area contributed by atoms with Crippen LogP contribution in [-0.2, 0) is 14.3 Å². The molecule has 0 aromatic heterocycles. The van der Waals surface area contributed by atoms with Gasteiger partial charge in [-0.15, -0.1) is 0 Å². The highest BCUT2D eigenvalue weighted by Gasteiger charge is 2.31. The van der Waals surface area contributed by atoms with Gasteiger partial charge in [0.15, 0.2) is 0 Å². The second-order valence-electron chi connectivity index (χ2n) is 7.17. The number of hydrogen-bond donors (Lipinski definition) is 2. The van der Waals surface area contributed by atoms with Crippen LogP contribution < -0.4 is 10.6 Å². The molecule has 2 heterocycles. The number of amides is 3. The highest BCUT2D eigenvalue weighted by Crippen LogP contribution is 2.16. The quantitative estimate of drug-likeness (QED) is 0.663. The van der Waals surface area contributed by atoms with Gasteiger partial charge in [-0.2, -0.15) is 0 Å². The Kier molecular flexibility index (Phi) is 7.46. The molecule has 152 valence electrons. The minimum atomic E-state index is -0.427. The van der Waals surface area contributed by atoms with Crippen molar-refractivity contribution in [2.24, 2.45) is 5.92 Å². The summed E-state index contributed by atoms with van der Waals surface area (Å²) >= 11 is 0. The van der Waals surface area contributed by atoms with Gasteiger partial charge in [-0.25, -0.2) is 14.4 Å². The minimum absolute atomic E-state index is 0.271. The molecule has 1 fully saturated rings. The van der Waals surface area contributed by atoms with E-state index in [4.69, 9.17) is 9.47 Å². The van der Waals surface area contributed by atoms with Crippen LogP contribution in [0.25, 0.3) is 0 Å². The van der Waals surface area contributed by atoms with Crippen molar-refractivity contribution in [3.05, 3.63) is 11.3 Å². The predicted molar refractivity (Wildman–Crippen MR) is 99.0 cm³/mol. The molecule has 2 N–H and O–H groups in total. The third-order valence-electron chi connectivity index (χ3n) is 4.42. The van der Waals surface area contributed by atoms with Crippen molar-refractivity contribution in [2.75, 3.05) is 45.9 Å². The van der Waals surface area contributed by atoms with Gasteiger partial charge in [-0.05, 0) is 19.8 Å². The fourth-order valence-electron chi connectivity index (χ4n) is 3.05. The van der Waals surface area contributed by atoms with Crippen LogP contribution in [0.15, 0.2) is 11.3 Å². The zero-order chi connectivity index (χ0) is 20.0. The number of urea groups is 1. The number of carbonyl (C=O) groups is 3. The third-order valence-corrected chi connectivity index (χ3v) is 4.42. The molecule has 0 aliphatic carbocycles. The molecule has 9 nitrogen and oxygen atoms in total. The highest BCUT2D eigenvalue weighted by atomic mass is 16.6. The standard InChI is InChI=1S/C18H30N4O5/c1-5-26-16(23)15-13(4)19-17(24)20-14(15)10-21-6-8-22(9-7-21)18(25)27-11-12(2)3/h12-13H,5-11H2,1-4H3,(H2,19,20,24). The largest absolute Gasteiger partial charge is 0.463 e. The van der Waals surface area contributed by atoms with Gasteiger partial charge < -0.3 is 25.0 Å². The molecule has 2 aliphatic heterocycles. The maximum Gasteiger partial charge on any atom is 0.409 e. The summed E-state index contributed by atoms with van der Waals surface area (Å²) in [7, 11) is 0. The van der Waals surface area contributed by atoms with Gasteiger partial charge in [-0.3, -0.25) is 4.90 Å². The fraction of sp³-hybridized carbons (Fsp3) is 0.722. The predicted octanol–water partition coefficient (Wildman–Crippen LogP) is 0.915. The summed E-state index contributed by atoms with van der Waals surface area (Å²) in [6.45, 7) is 10.9. The van der Waals surface area contributed by atoms with E-state index in [-0.39, 0.29) is 18.7 Å². The van der Waals surface area contributed by atoms with Crippen molar-refractivity contribution in [3.63, 3.8) is 0 Å². The Labute approximate surface area is 160 Å². The van der Waals surface area contributed by atoms with Crippen molar-refractivity contribution < 1.29 is 23.9 Å². The summed E-state index contributed by atoms with van der Waals surface area (Å²) in [6, 6.07) is -0.749. The first-order chi connectivity index (χ1) is 12.8. The second kappa shape index (κ2) is 9.59. The molecule has 1 unspecified atom stereocenters. The lowest BCUT2D eigenvalue weighted by Gasteiger charge is -2.36. The molecule has 0 saturated carbocycles. The van der Waals surface area contributed by atoms with Crippen molar-refractivity contribution in [3.8, 4) is 0 Å². The van der Waals surface area contributed by atoms with E-state index in [9.17, 15) is 14.4 Å². The molecule has 27 heavy (non-hydrogen) atoms. The van der Waals surface area contributed by atoms with Crippen LogP contribution in [0, 0.1) is 5.92 Å². The van der Waals surface area contributed by atoms with E-state index in [0.29, 0.717) is 56.5 Å². The average Bonchev–Trinajstić information content (AvgIpc) is 2.60. The Hall–Kier alpha value is -2.29. The molecule has 2 rings (SSSR count). The van der Waals surface area contributed by atoms with Crippen molar-refractivity contribution in [1.82, 2.24) is 20.4 Å². The molecule has 3 amide bonds. The molecule has 0 radical (unpaired) electrons. The number of nitrogens with zero attached hydrogens (tertiary/aromatic N) is 2. The SMILES string of the molecule is CCOC(=O)C1=C(CN2CCN(C(=O)OCC(C)C)CC2)NC(=O)NC1C. The number of rotatable bonds is 6. The first-order valence-corrected chi connectivity index (χ1v) is 9.43. The molecule has 0 aromatic rings. The Morgan fingerprint density at radius 1 is 1.19 bits per heavy atom. The van der Waals surface area contributed by atoms with Gasteiger partial charge >= 0.3 is 18.1 Å². The Morgan fingerprint density at radius 2 is 1.85 bits per heavy atom. The van der Waals surface area contributed by atoms with Crippen LogP contribution in [0.4, 0.5) is 9.59 Å². The average molecular weight is 382 g/mol. The molecule has 0 spiro atoms. The number of ether oxygens (including phenoxy) is 2. The van der Waals surface area contributed by atoms with E-state index in [1.165, 1.54) is 0 Å². The Balaban J connectivity index is 1.97. The summed E-state index contributed by atoms with van der Waals surface area (Å²) in [5.74, 6) is -0.127. The van der Waals surface area contributed by atoms with E-state index in [2.05, 4.69) is 15.5 Å². The van der Waals surface area contributed by atoms with Gasteiger partial charge in [-0.1, -0.05) is 13.8 Å². The molecule has 9 heteroatoms. The molecule has 1 saturated heterocycles. The highest BCUT2D eigenvalue weighted by molar-refractivity contribution is 5.94.